The van der Waals surface area contributed by atoms with E-state index in [9.17, 15) is 4.39 Å². The average molecular weight is 249 g/mol. The summed E-state index contributed by atoms with van der Waals surface area (Å²) in [6.07, 6.45) is 0. The maximum atomic E-state index is 13.1. The van der Waals surface area contributed by atoms with Gasteiger partial charge in [0.1, 0.15) is 5.82 Å². The Balaban J connectivity index is 2.31. The zero-order valence-corrected chi connectivity index (χ0v) is 10.6. The van der Waals surface area contributed by atoms with Gasteiger partial charge in [-0.15, -0.1) is 0 Å². The predicted molar refractivity (Wildman–Crippen MR) is 66.1 cm³/mol. The largest absolute Gasteiger partial charge is 0.337 e. The lowest BCUT2D eigenvalue weighted by Gasteiger charge is -2.23. The second kappa shape index (κ2) is 4.49. The Kier molecular flexibility index (Phi) is 3.17. The van der Waals surface area contributed by atoms with E-state index in [0.717, 1.165) is 0 Å². The van der Waals surface area contributed by atoms with Crippen LogP contribution in [0.3, 0.4) is 0 Å². The van der Waals surface area contributed by atoms with Gasteiger partial charge in [0.25, 0.3) is 0 Å². The molecule has 0 fully saturated rings. The Labute approximate surface area is 105 Å². The van der Waals surface area contributed by atoms with Crippen LogP contribution in [-0.2, 0) is 0 Å². The van der Waals surface area contributed by atoms with Crippen LogP contribution in [0, 0.1) is 11.2 Å². The molecule has 0 aliphatic heterocycles. The van der Waals surface area contributed by atoms with Crippen LogP contribution >= 0.6 is 0 Å². The molecule has 2 rings (SSSR count). The van der Waals surface area contributed by atoms with Crippen molar-refractivity contribution in [2.24, 2.45) is 11.1 Å². The van der Waals surface area contributed by atoms with Crippen LogP contribution in [0.5, 0.6) is 0 Å². The van der Waals surface area contributed by atoms with Gasteiger partial charge in [-0.1, -0.05) is 38.1 Å². The lowest BCUT2D eigenvalue weighted by molar-refractivity contribution is 0.253. The van der Waals surface area contributed by atoms with Crippen LogP contribution in [-0.4, -0.2) is 10.1 Å². The fraction of sp³-hybridized carbons (Fsp3) is 0.385. The van der Waals surface area contributed by atoms with E-state index in [1.165, 1.54) is 12.1 Å². The Bertz CT molecular complexity index is 545. The molecule has 1 atom stereocenters. The molecule has 2 N–H and O–H groups in total. The molecule has 0 bridgehead atoms. The van der Waals surface area contributed by atoms with Gasteiger partial charge in [0, 0.05) is 5.56 Å². The molecule has 0 amide bonds. The van der Waals surface area contributed by atoms with Crippen molar-refractivity contribution >= 4 is 0 Å². The molecule has 4 nitrogen and oxygen atoms in total. The average Bonchev–Trinajstić information content (AvgIpc) is 2.75. The number of hydrogen-bond acceptors (Lipinski definition) is 4. The summed E-state index contributed by atoms with van der Waals surface area (Å²) in [4.78, 5) is 4.22. The number of hydrogen-bond donors (Lipinski definition) is 1. The van der Waals surface area contributed by atoms with Crippen molar-refractivity contribution in [3.63, 3.8) is 0 Å². The Morgan fingerprint density at radius 1 is 1.33 bits per heavy atom. The first-order chi connectivity index (χ1) is 8.38. The van der Waals surface area contributed by atoms with Crippen molar-refractivity contribution in [3.8, 4) is 11.4 Å². The molecule has 0 radical (unpaired) electrons. The summed E-state index contributed by atoms with van der Waals surface area (Å²) >= 11 is 0. The van der Waals surface area contributed by atoms with E-state index in [1.54, 1.807) is 12.1 Å². The van der Waals surface area contributed by atoms with Crippen molar-refractivity contribution in [2.75, 3.05) is 0 Å². The van der Waals surface area contributed by atoms with Gasteiger partial charge in [-0.2, -0.15) is 4.98 Å². The Hall–Kier alpha value is -1.75. The molecule has 0 aliphatic rings. The number of benzene rings is 1. The zero-order chi connectivity index (χ0) is 13.3. The number of halogens is 1. The topological polar surface area (TPSA) is 64.9 Å². The molecule has 0 saturated heterocycles. The van der Waals surface area contributed by atoms with Crippen LogP contribution in [0.4, 0.5) is 4.39 Å². The van der Waals surface area contributed by atoms with Crippen molar-refractivity contribution in [3.05, 3.63) is 36.0 Å². The van der Waals surface area contributed by atoms with Gasteiger partial charge < -0.3 is 10.3 Å². The molecule has 5 heteroatoms. The summed E-state index contributed by atoms with van der Waals surface area (Å²) in [7, 11) is 0. The summed E-state index contributed by atoms with van der Waals surface area (Å²) in [5, 5.41) is 3.83. The Morgan fingerprint density at radius 2 is 2.06 bits per heavy atom. The molecule has 1 heterocycles. The van der Waals surface area contributed by atoms with Gasteiger partial charge in [0.05, 0.1) is 6.04 Å². The number of aromatic nitrogens is 2. The molecule has 18 heavy (non-hydrogen) atoms. The summed E-state index contributed by atoms with van der Waals surface area (Å²) in [6, 6.07) is 5.69. The molecule has 0 saturated carbocycles. The van der Waals surface area contributed by atoms with Crippen LogP contribution < -0.4 is 5.73 Å². The van der Waals surface area contributed by atoms with Crippen molar-refractivity contribution < 1.29 is 8.91 Å². The molecular weight excluding hydrogens is 233 g/mol. The SMILES string of the molecule is CC(C)(C)[C@H](N)c1nc(-c2cccc(F)c2)no1. The van der Waals surface area contributed by atoms with E-state index >= 15 is 0 Å². The third-order valence-corrected chi connectivity index (χ3v) is 2.72. The second-order valence-electron chi connectivity index (χ2n) is 5.31. The van der Waals surface area contributed by atoms with Gasteiger partial charge in [0.15, 0.2) is 0 Å². The first-order valence-corrected chi connectivity index (χ1v) is 5.73. The summed E-state index contributed by atoms with van der Waals surface area (Å²) < 4.78 is 18.2. The smallest absolute Gasteiger partial charge is 0.244 e. The highest BCUT2D eigenvalue weighted by molar-refractivity contribution is 5.53. The molecular formula is C13H16FN3O. The fourth-order valence-corrected chi connectivity index (χ4v) is 1.48. The molecule has 2 aromatic rings. The summed E-state index contributed by atoms with van der Waals surface area (Å²) in [5.41, 5.74) is 6.42. The fourth-order valence-electron chi connectivity index (χ4n) is 1.48. The van der Waals surface area contributed by atoms with Gasteiger partial charge in [-0.3, -0.25) is 0 Å². The number of nitrogens with zero attached hydrogens (tertiary/aromatic N) is 2. The van der Waals surface area contributed by atoms with Gasteiger partial charge in [-0.25, -0.2) is 4.39 Å². The molecule has 1 aromatic heterocycles. The van der Waals surface area contributed by atoms with E-state index in [1.807, 2.05) is 20.8 Å². The minimum atomic E-state index is -0.354. The van der Waals surface area contributed by atoms with Crippen LogP contribution in [0.1, 0.15) is 32.7 Å². The minimum absolute atomic E-state index is 0.175. The molecule has 0 spiro atoms. The van der Waals surface area contributed by atoms with Gasteiger partial charge in [-0.05, 0) is 17.5 Å². The van der Waals surface area contributed by atoms with Gasteiger partial charge in [0.2, 0.25) is 11.7 Å². The van der Waals surface area contributed by atoms with E-state index in [0.29, 0.717) is 17.3 Å². The summed E-state index contributed by atoms with van der Waals surface area (Å²) in [5.74, 6) is 0.380. The molecule has 0 aliphatic carbocycles. The highest BCUT2D eigenvalue weighted by Crippen LogP contribution is 2.30. The van der Waals surface area contributed by atoms with Crippen molar-refractivity contribution in [1.82, 2.24) is 10.1 Å². The lowest BCUT2D eigenvalue weighted by Crippen LogP contribution is -2.26. The van der Waals surface area contributed by atoms with Crippen molar-refractivity contribution in [1.29, 1.82) is 0 Å². The monoisotopic (exact) mass is 249 g/mol. The number of nitrogens with two attached hydrogens (primary N) is 1. The third kappa shape index (κ3) is 2.56. The highest BCUT2D eigenvalue weighted by Gasteiger charge is 2.27. The molecule has 0 unspecified atom stereocenters. The van der Waals surface area contributed by atoms with E-state index in [-0.39, 0.29) is 17.3 Å². The zero-order valence-electron chi connectivity index (χ0n) is 10.6. The number of rotatable bonds is 2. The third-order valence-electron chi connectivity index (χ3n) is 2.72. The van der Waals surface area contributed by atoms with Crippen LogP contribution in [0.2, 0.25) is 0 Å². The standard InChI is InChI=1S/C13H16FN3O/c1-13(2,3)10(15)12-16-11(17-18-12)8-5-4-6-9(14)7-8/h4-7,10H,15H2,1-3H3/t10-/m1/s1. The second-order valence-corrected chi connectivity index (χ2v) is 5.31. The van der Waals surface area contributed by atoms with Gasteiger partial charge >= 0.3 is 0 Å². The molecule has 96 valence electrons. The first-order valence-electron chi connectivity index (χ1n) is 5.73. The normalized spacial score (nSPS) is 13.6. The van der Waals surface area contributed by atoms with E-state index in [4.69, 9.17) is 10.3 Å². The quantitative estimate of drug-likeness (QED) is 0.888. The first kappa shape index (κ1) is 12.7. The van der Waals surface area contributed by atoms with Crippen LogP contribution in [0.15, 0.2) is 28.8 Å². The highest BCUT2D eigenvalue weighted by atomic mass is 19.1. The summed E-state index contributed by atoms with van der Waals surface area (Å²) in [6.45, 7) is 5.97. The lowest BCUT2D eigenvalue weighted by atomic mass is 9.87. The maximum absolute atomic E-state index is 13.1. The maximum Gasteiger partial charge on any atom is 0.244 e. The van der Waals surface area contributed by atoms with E-state index in [2.05, 4.69) is 10.1 Å². The van der Waals surface area contributed by atoms with E-state index < -0.39 is 0 Å². The molecule has 1 aromatic carbocycles. The minimum Gasteiger partial charge on any atom is -0.337 e. The Morgan fingerprint density at radius 3 is 2.67 bits per heavy atom. The van der Waals surface area contributed by atoms with Crippen LogP contribution in [0.25, 0.3) is 11.4 Å². The predicted octanol–water partition coefficient (Wildman–Crippen LogP) is 2.92. The van der Waals surface area contributed by atoms with Crippen molar-refractivity contribution in [2.45, 2.75) is 26.8 Å².